The molecule has 1 heterocycles. The minimum Gasteiger partial charge on any atom is -0.493 e. The van der Waals surface area contributed by atoms with Gasteiger partial charge in [-0.2, -0.15) is 0 Å². The second-order valence-corrected chi connectivity index (χ2v) is 11.9. The van der Waals surface area contributed by atoms with Gasteiger partial charge in [0.25, 0.3) is 0 Å². The van der Waals surface area contributed by atoms with E-state index in [1.54, 1.807) is 14.2 Å². The molecule has 4 nitrogen and oxygen atoms in total. The van der Waals surface area contributed by atoms with E-state index >= 15 is 0 Å². The van der Waals surface area contributed by atoms with Gasteiger partial charge in [-0.25, -0.2) is 0 Å². The van der Waals surface area contributed by atoms with Crippen LogP contribution in [0.4, 0.5) is 0 Å². The molecule has 5 heteroatoms. The molecular formula is C17H27NO3Si. The van der Waals surface area contributed by atoms with Crippen LogP contribution in [0.2, 0.25) is 18.1 Å². The molecule has 2 aromatic rings. The van der Waals surface area contributed by atoms with Crippen molar-refractivity contribution >= 4 is 19.2 Å². The molecule has 1 aromatic heterocycles. The van der Waals surface area contributed by atoms with Crippen LogP contribution in [0.5, 0.6) is 11.5 Å². The van der Waals surface area contributed by atoms with Crippen molar-refractivity contribution in [2.24, 2.45) is 0 Å². The summed E-state index contributed by atoms with van der Waals surface area (Å²) in [5, 5.41) is 1.23. The Bertz CT molecular complexity index is 656. The van der Waals surface area contributed by atoms with Crippen LogP contribution in [0.3, 0.4) is 0 Å². The van der Waals surface area contributed by atoms with Gasteiger partial charge in [-0.1, -0.05) is 20.8 Å². The second-order valence-electron chi connectivity index (χ2n) is 7.11. The summed E-state index contributed by atoms with van der Waals surface area (Å²) in [5.74, 6) is 1.50. The van der Waals surface area contributed by atoms with Gasteiger partial charge in [0.05, 0.1) is 20.8 Å². The van der Waals surface area contributed by atoms with Crippen LogP contribution in [-0.4, -0.2) is 27.5 Å². The number of hydrogen-bond acceptors (Lipinski definition) is 3. The van der Waals surface area contributed by atoms with Crippen molar-refractivity contribution in [3.63, 3.8) is 0 Å². The van der Waals surface area contributed by atoms with Crippen molar-refractivity contribution in [2.45, 2.75) is 45.5 Å². The summed E-state index contributed by atoms with van der Waals surface area (Å²) in [6.45, 7) is 11.9. The van der Waals surface area contributed by atoms with E-state index in [4.69, 9.17) is 13.9 Å². The van der Waals surface area contributed by atoms with Crippen LogP contribution in [0.1, 0.15) is 26.5 Å². The van der Waals surface area contributed by atoms with Crippen LogP contribution in [0.15, 0.2) is 18.2 Å². The van der Waals surface area contributed by atoms with E-state index in [2.05, 4.69) is 44.9 Å². The SMILES string of the molecule is COc1ccc2[nH]c(CO[Si](C)(C)C(C)(C)C)cc2c1OC. The number of benzene rings is 1. The van der Waals surface area contributed by atoms with Gasteiger partial charge < -0.3 is 18.9 Å². The fourth-order valence-electron chi connectivity index (χ4n) is 2.14. The number of hydrogen-bond donors (Lipinski definition) is 1. The summed E-state index contributed by atoms with van der Waals surface area (Å²) < 4.78 is 17.1. The molecule has 0 aliphatic carbocycles. The predicted molar refractivity (Wildman–Crippen MR) is 93.4 cm³/mol. The summed E-state index contributed by atoms with van der Waals surface area (Å²) >= 11 is 0. The maximum atomic E-state index is 6.28. The van der Waals surface area contributed by atoms with Crippen molar-refractivity contribution in [2.75, 3.05) is 14.2 Å². The van der Waals surface area contributed by atoms with Crippen LogP contribution in [0, 0.1) is 0 Å². The van der Waals surface area contributed by atoms with E-state index in [0.29, 0.717) is 6.61 Å². The average molecular weight is 321 g/mol. The first-order valence-corrected chi connectivity index (χ1v) is 10.5. The fourth-order valence-corrected chi connectivity index (χ4v) is 3.09. The Morgan fingerprint density at radius 2 is 1.77 bits per heavy atom. The Morgan fingerprint density at radius 3 is 2.32 bits per heavy atom. The maximum absolute atomic E-state index is 6.28. The highest BCUT2D eigenvalue weighted by molar-refractivity contribution is 6.74. The highest BCUT2D eigenvalue weighted by Gasteiger charge is 2.37. The number of rotatable bonds is 5. The van der Waals surface area contributed by atoms with E-state index in [1.807, 2.05) is 12.1 Å². The summed E-state index contributed by atoms with van der Waals surface area (Å²) in [6.07, 6.45) is 0. The summed E-state index contributed by atoms with van der Waals surface area (Å²) in [4.78, 5) is 3.41. The standard InChI is InChI=1S/C17H27NO3Si/c1-17(2,3)22(6,7)21-11-12-10-13-14(18-12)8-9-15(19-4)16(13)20-5/h8-10,18H,11H2,1-7H3. The number of aromatic amines is 1. The van der Waals surface area contributed by atoms with Gasteiger partial charge >= 0.3 is 0 Å². The van der Waals surface area contributed by atoms with Crippen molar-refractivity contribution in [3.8, 4) is 11.5 Å². The predicted octanol–water partition coefficient (Wildman–Crippen LogP) is 4.71. The molecule has 0 fully saturated rings. The maximum Gasteiger partial charge on any atom is 0.192 e. The normalized spacial score (nSPS) is 12.7. The van der Waals surface area contributed by atoms with E-state index in [1.165, 1.54) is 0 Å². The molecule has 0 radical (unpaired) electrons. The van der Waals surface area contributed by atoms with E-state index in [9.17, 15) is 0 Å². The van der Waals surface area contributed by atoms with E-state index in [0.717, 1.165) is 28.1 Å². The average Bonchev–Trinajstić information content (AvgIpc) is 2.85. The van der Waals surface area contributed by atoms with Gasteiger partial charge in [-0.3, -0.25) is 0 Å². The fraction of sp³-hybridized carbons (Fsp3) is 0.529. The van der Waals surface area contributed by atoms with Crippen LogP contribution >= 0.6 is 0 Å². The second kappa shape index (κ2) is 5.97. The topological polar surface area (TPSA) is 43.5 Å². The molecule has 0 bridgehead atoms. The lowest BCUT2D eigenvalue weighted by molar-refractivity contribution is 0.273. The molecule has 1 N–H and O–H groups in total. The van der Waals surface area contributed by atoms with Gasteiger partial charge in [-0.05, 0) is 36.3 Å². The molecule has 122 valence electrons. The highest BCUT2D eigenvalue weighted by Crippen LogP contribution is 2.38. The molecule has 2 rings (SSSR count). The zero-order chi connectivity index (χ0) is 16.5. The lowest BCUT2D eigenvalue weighted by Crippen LogP contribution is -2.40. The van der Waals surface area contributed by atoms with Crippen LogP contribution in [0.25, 0.3) is 10.9 Å². The van der Waals surface area contributed by atoms with Gasteiger partial charge in [0.15, 0.2) is 19.8 Å². The van der Waals surface area contributed by atoms with Crippen molar-refractivity contribution < 1.29 is 13.9 Å². The van der Waals surface area contributed by atoms with Crippen molar-refractivity contribution in [3.05, 3.63) is 23.9 Å². The molecule has 0 amide bonds. The molecule has 0 unspecified atom stereocenters. The van der Waals surface area contributed by atoms with Gasteiger partial charge in [0.2, 0.25) is 0 Å². The Kier molecular flexibility index (Phi) is 4.59. The molecule has 1 aromatic carbocycles. The Balaban J connectivity index is 2.27. The third kappa shape index (κ3) is 3.15. The smallest absolute Gasteiger partial charge is 0.192 e. The minimum absolute atomic E-state index is 0.208. The molecule has 0 spiro atoms. The van der Waals surface area contributed by atoms with Gasteiger partial charge in [-0.15, -0.1) is 0 Å². The van der Waals surface area contributed by atoms with Crippen LogP contribution < -0.4 is 9.47 Å². The highest BCUT2D eigenvalue weighted by atomic mass is 28.4. The molecule has 22 heavy (non-hydrogen) atoms. The number of fused-ring (bicyclic) bond motifs is 1. The van der Waals surface area contributed by atoms with E-state index in [-0.39, 0.29) is 5.04 Å². The zero-order valence-electron chi connectivity index (χ0n) is 14.7. The molecule has 0 atom stereocenters. The number of nitrogens with one attached hydrogen (secondary N) is 1. The number of aromatic nitrogens is 1. The largest absolute Gasteiger partial charge is 0.493 e. The first-order chi connectivity index (χ1) is 10.2. The molecule has 0 aliphatic heterocycles. The number of methoxy groups -OCH3 is 2. The Morgan fingerprint density at radius 1 is 1.09 bits per heavy atom. The van der Waals surface area contributed by atoms with Gasteiger partial charge in [0, 0.05) is 16.6 Å². The summed E-state index contributed by atoms with van der Waals surface area (Å²) in [5.41, 5.74) is 2.10. The third-order valence-corrected chi connectivity index (χ3v) is 9.07. The Hall–Kier alpha value is -1.46. The summed E-state index contributed by atoms with van der Waals surface area (Å²) in [7, 11) is 1.56. The summed E-state index contributed by atoms with van der Waals surface area (Å²) in [6, 6.07) is 6.01. The van der Waals surface area contributed by atoms with E-state index < -0.39 is 8.32 Å². The lowest BCUT2D eigenvalue weighted by atomic mass is 10.2. The quantitative estimate of drug-likeness (QED) is 0.811. The Labute approximate surface area is 133 Å². The molecule has 0 saturated heterocycles. The number of H-pyrrole nitrogens is 1. The minimum atomic E-state index is -1.75. The lowest BCUT2D eigenvalue weighted by Gasteiger charge is -2.36. The molecule has 0 saturated carbocycles. The first-order valence-electron chi connectivity index (χ1n) is 7.56. The van der Waals surface area contributed by atoms with Crippen molar-refractivity contribution in [1.82, 2.24) is 4.98 Å². The first kappa shape index (κ1) is 16.9. The van der Waals surface area contributed by atoms with Crippen molar-refractivity contribution in [1.29, 1.82) is 0 Å². The number of ether oxygens (including phenoxy) is 2. The van der Waals surface area contributed by atoms with Gasteiger partial charge in [0.1, 0.15) is 0 Å². The monoisotopic (exact) mass is 321 g/mol. The molecular weight excluding hydrogens is 294 g/mol. The zero-order valence-corrected chi connectivity index (χ0v) is 15.7. The third-order valence-electron chi connectivity index (χ3n) is 4.59. The molecule has 0 aliphatic rings. The van der Waals surface area contributed by atoms with Crippen LogP contribution in [-0.2, 0) is 11.0 Å².